The summed E-state index contributed by atoms with van der Waals surface area (Å²) in [6.07, 6.45) is 2.18. The average Bonchev–Trinajstić information content (AvgIpc) is 2.47. The number of aromatic nitrogens is 3. The summed E-state index contributed by atoms with van der Waals surface area (Å²) < 4.78 is 5.35. The molecule has 1 fully saturated rings. The van der Waals surface area contributed by atoms with Crippen LogP contribution in [0.25, 0.3) is 0 Å². The number of rotatable bonds is 5. The summed E-state index contributed by atoms with van der Waals surface area (Å²) in [5.74, 6) is 6.30. The van der Waals surface area contributed by atoms with Gasteiger partial charge in [-0.1, -0.05) is 0 Å². The van der Waals surface area contributed by atoms with E-state index in [0.717, 1.165) is 25.9 Å². The number of nitrogen functional groups attached to an aromatic ring is 1. The SMILES string of the molecule is CCOc1nc(NN)nc(N(C)C2CCN(C)CC2)n1. The molecule has 1 aromatic heterocycles. The molecule has 0 spiro atoms. The van der Waals surface area contributed by atoms with Gasteiger partial charge in [-0.2, -0.15) is 15.0 Å². The number of likely N-dealkylation sites (tertiary alicyclic amines) is 1. The fourth-order valence-electron chi connectivity index (χ4n) is 2.31. The highest BCUT2D eigenvalue weighted by molar-refractivity contribution is 5.38. The summed E-state index contributed by atoms with van der Waals surface area (Å²) in [6, 6.07) is 0.721. The first kappa shape index (κ1) is 14.7. The van der Waals surface area contributed by atoms with E-state index < -0.39 is 0 Å². The third-order valence-electron chi connectivity index (χ3n) is 3.56. The van der Waals surface area contributed by atoms with E-state index in [1.807, 2.05) is 14.0 Å². The lowest BCUT2D eigenvalue weighted by atomic mass is 10.0. The van der Waals surface area contributed by atoms with Gasteiger partial charge >= 0.3 is 6.01 Å². The summed E-state index contributed by atoms with van der Waals surface area (Å²) >= 11 is 0. The molecule has 1 aromatic rings. The normalized spacial score (nSPS) is 17.0. The van der Waals surface area contributed by atoms with Crippen LogP contribution in [0.1, 0.15) is 19.8 Å². The highest BCUT2D eigenvalue weighted by Gasteiger charge is 2.23. The predicted octanol–water partition coefficient (Wildman–Crippen LogP) is 0.0863. The molecule has 0 radical (unpaired) electrons. The Labute approximate surface area is 119 Å². The number of anilines is 2. The fraction of sp³-hybridized carbons (Fsp3) is 0.750. The Morgan fingerprint density at radius 2 is 2.05 bits per heavy atom. The Bertz CT molecular complexity index is 434. The van der Waals surface area contributed by atoms with Crippen molar-refractivity contribution < 1.29 is 4.74 Å². The maximum atomic E-state index is 5.40. The molecule has 2 rings (SSSR count). The van der Waals surface area contributed by atoms with Crippen LogP contribution in [-0.4, -0.2) is 59.7 Å². The second-order valence-electron chi connectivity index (χ2n) is 4.96. The zero-order valence-corrected chi connectivity index (χ0v) is 12.3. The van der Waals surface area contributed by atoms with Crippen LogP contribution < -0.4 is 20.9 Å². The highest BCUT2D eigenvalue weighted by atomic mass is 16.5. The van der Waals surface area contributed by atoms with Crippen molar-refractivity contribution >= 4 is 11.9 Å². The number of ether oxygens (including phenoxy) is 1. The van der Waals surface area contributed by atoms with Gasteiger partial charge in [-0.15, -0.1) is 0 Å². The van der Waals surface area contributed by atoms with Crippen LogP contribution in [0.15, 0.2) is 0 Å². The smallest absolute Gasteiger partial charge is 0.323 e. The van der Waals surface area contributed by atoms with Gasteiger partial charge in [0.25, 0.3) is 0 Å². The van der Waals surface area contributed by atoms with Crippen LogP contribution in [0.5, 0.6) is 6.01 Å². The zero-order chi connectivity index (χ0) is 14.5. The van der Waals surface area contributed by atoms with Gasteiger partial charge in [0.2, 0.25) is 11.9 Å². The molecule has 1 aliphatic heterocycles. The summed E-state index contributed by atoms with van der Waals surface area (Å²) in [5, 5.41) is 0. The number of hydrazine groups is 1. The number of nitrogens with zero attached hydrogens (tertiary/aromatic N) is 5. The highest BCUT2D eigenvalue weighted by Crippen LogP contribution is 2.20. The number of piperidine rings is 1. The van der Waals surface area contributed by atoms with Gasteiger partial charge in [-0.25, -0.2) is 5.84 Å². The van der Waals surface area contributed by atoms with Crippen molar-refractivity contribution in [2.45, 2.75) is 25.8 Å². The minimum absolute atomic E-state index is 0.297. The molecule has 0 saturated carbocycles. The lowest BCUT2D eigenvalue weighted by molar-refractivity contribution is 0.251. The molecule has 0 atom stereocenters. The topological polar surface area (TPSA) is 92.4 Å². The van der Waals surface area contributed by atoms with Gasteiger partial charge in [0.1, 0.15) is 0 Å². The zero-order valence-electron chi connectivity index (χ0n) is 12.3. The first-order chi connectivity index (χ1) is 9.63. The van der Waals surface area contributed by atoms with Crippen LogP contribution in [0.4, 0.5) is 11.9 Å². The lowest BCUT2D eigenvalue weighted by Gasteiger charge is -2.35. The van der Waals surface area contributed by atoms with Crippen LogP contribution in [0.3, 0.4) is 0 Å². The fourth-order valence-corrected chi connectivity index (χ4v) is 2.31. The van der Waals surface area contributed by atoms with E-state index in [-0.39, 0.29) is 0 Å². The molecule has 0 aromatic carbocycles. The molecule has 2 heterocycles. The minimum Gasteiger partial charge on any atom is -0.464 e. The lowest BCUT2D eigenvalue weighted by Crippen LogP contribution is -2.42. The third-order valence-corrected chi connectivity index (χ3v) is 3.56. The van der Waals surface area contributed by atoms with E-state index in [9.17, 15) is 0 Å². The summed E-state index contributed by atoms with van der Waals surface area (Å²) in [4.78, 5) is 17.1. The van der Waals surface area contributed by atoms with Crippen molar-refractivity contribution in [1.82, 2.24) is 19.9 Å². The quantitative estimate of drug-likeness (QED) is 0.579. The van der Waals surface area contributed by atoms with Gasteiger partial charge < -0.3 is 14.5 Å². The Balaban J connectivity index is 2.15. The molecular weight excluding hydrogens is 258 g/mol. The molecule has 1 aliphatic rings. The largest absolute Gasteiger partial charge is 0.464 e. The van der Waals surface area contributed by atoms with E-state index in [1.165, 1.54) is 0 Å². The maximum absolute atomic E-state index is 5.40. The van der Waals surface area contributed by atoms with Crippen molar-refractivity contribution in [2.24, 2.45) is 5.84 Å². The van der Waals surface area contributed by atoms with Gasteiger partial charge in [0.15, 0.2) is 0 Å². The van der Waals surface area contributed by atoms with E-state index in [2.05, 4.69) is 37.2 Å². The number of nitrogens with two attached hydrogens (primary N) is 1. The van der Waals surface area contributed by atoms with Gasteiger partial charge in [0.05, 0.1) is 6.61 Å². The second-order valence-corrected chi connectivity index (χ2v) is 4.96. The molecule has 112 valence electrons. The molecule has 0 amide bonds. The van der Waals surface area contributed by atoms with E-state index in [0.29, 0.717) is 30.6 Å². The van der Waals surface area contributed by atoms with Crippen molar-refractivity contribution in [3.63, 3.8) is 0 Å². The Kier molecular flexibility index (Phi) is 4.91. The summed E-state index contributed by atoms with van der Waals surface area (Å²) in [5.41, 5.74) is 2.45. The van der Waals surface area contributed by atoms with Gasteiger partial charge in [-0.3, -0.25) is 5.43 Å². The summed E-state index contributed by atoms with van der Waals surface area (Å²) in [7, 11) is 4.14. The molecule has 8 heteroatoms. The number of hydrogen-bond acceptors (Lipinski definition) is 8. The first-order valence-electron chi connectivity index (χ1n) is 6.91. The van der Waals surface area contributed by atoms with Crippen molar-refractivity contribution in [1.29, 1.82) is 0 Å². The molecular formula is C12H23N7O. The van der Waals surface area contributed by atoms with E-state index >= 15 is 0 Å². The van der Waals surface area contributed by atoms with Crippen molar-refractivity contribution in [2.75, 3.05) is 44.1 Å². The molecule has 3 N–H and O–H groups in total. The van der Waals surface area contributed by atoms with Gasteiger partial charge in [0, 0.05) is 13.1 Å². The molecule has 8 nitrogen and oxygen atoms in total. The molecule has 1 saturated heterocycles. The minimum atomic E-state index is 0.297. The van der Waals surface area contributed by atoms with Crippen LogP contribution >= 0.6 is 0 Å². The summed E-state index contributed by atoms with van der Waals surface area (Å²) in [6.45, 7) is 4.56. The van der Waals surface area contributed by atoms with Crippen molar-refractivity contribution in [3.8, 4) is 6.01 Å². The standard InChI is InChI=1S/C12H23N7O/c1-4-20-12-15-10(17-13)14-11(16-12)19(3)9-5-7-18(2)8-6-9/h9H,4-8,13H2,1-3H3,(H,14,15,16,17). The number of nitrogens with one attached hydrogen (secondary N) is 1. The first-order valence-corrected chi connectivity index (χ1v) is 6.91. The molecule has 0 aliphatic carbocycles. The Morgan fingerprint density at radius 3 is 2.65 bits per heavy atom. The Morgan fingerprint density at radius 1 is 1.35 bits per heavy atom. The number of hydrogen-bond donors (Lipinski definition) is 2. The van der Waals surface area contributed by atoms with E-state index in [4.69, 9.17) is 10.6 Å². The van der Waals surface area contributed by atoms with Crippen molar-refractivity contribution in [3.05, 3.63) is 0 Å². The molecule has 20 heavy (non-hydrogen) atoms. The predicted molar refractivity (Wildman–Crippen MR) is 77.7 cm³/mol. The molecule has 0 unspecified atom stereocenters. The third kappa shape index (κ3) is 3.45. The van der Waals surface area contributed by atoms with Crippen LogP contribution in [0.2, 0.25) is 0 Å². The molecule has 0 bridgehead atoms. The maximum Gasteiger partial charge on any atom is 0.323 e. The van der Waals surface area contributed by atoms with Crippen LogP contribution in [-0.2, 0) is 0 Å². The Hall–Kier alpha value is -1.67. The van der Waals surface area contributed by atoms with Gasteiger partial charge in [-0.05, 0) is 39.9 Å². The van der Waals surface area contributed by atoms with Crippen LogP contribution in [0, 0.1) is 0 Å². The average molecular weight is 281 g/mol. The monoisotopic (exact) mass is 281 g/mol. The van der Waals surface area contributed by atoms with E-state index in [1.54, 1.807) is 0 Å². The second kappa shape index (κ2) is 6.67.